The van der Waals surface area contributed by atoms with E-state index in [1.807, 2.05) is 0 Å². The highest BCUT2D eigenvalue weighted by Crippen LogP contribution is 2.21. The van der Waals surface area contributed by atoms with Crippen molar-refractivity contribution in [2.75, 3.05) is 27.4 Å². The van der Waals surface area contributed by atoms with Gasteiger partial charge in [0.05, 0.1) is 13.7 Å². The number of esters is 1. The zero-order chi connectivity index (χ0) is 13.5. The fourth-order valence-electron chi connectivity index (χ4n) is 1.32. The number of rotatable bonds is 6. The van der Waals surface area contributed by atoms with Crippen LogP contribution in [0.15, 0.2) is 30.4 Å². The molecule has 1 rings (SSSR count). The topological polar surface area (TPSA) is 44.8 Å². The van der Waals surface area contributed by atoms with Crippen molar-refractivity contribution < 1.29 is 23.4 Å². The van der Waals surface area contributed by atoms with Gasteiger partial charge in [0, 0.05) is 7.11 Å². The Balaban J connectivity index is 2.81. The lowest BCUT2D eigenvalue weighted by Gasteiger charge is -2.11. The van der Waals surface area contributed by atoms with Crippen LogP contribution in [0.25, 0.3) is 0 Å². The summed E-state index contributed by atoms with van der Waals surface area (Å²) in [6, 6.07) is 3.66. The van der Waals surface area contributed by atoms with Crippen molar-refractivity contribution in [1.29, 1.82) is 0 Å². The molecule has 0 aliphatic rings. The maximum Gasteiger partial charge on any atom is 0.341 e. The molecule has 5 heteroatoms. The first-order valence-corrected chi connectivity index (χ1v) is 5.24. The van der Waals surface area contributed by atoms with Crippen molar-refractivity contribution in [3.05, 3.63) is 41.7 Å². The zero-order valence-electron chi connectivity index (χ0n) is 10.4. The van der Waals surface area contributed by atoms with Crippen LogP contribution in [0.4, 0.5) is 4.39 Å². The number of halogens is 1. The Morgan fingerprint density at radius 3 is 2.67 bits per heavy atom. The Bertz CT molecular complexity index is 443. The van der Waals surface area contributed by atoms with Gasteiger partial charge >= 0.3 is 5.97 Å². The van der Waals surface area contributed by atoms with E-state index in [4.69, 9.17) is 9.47 Å². The van der Waals surface area contributed by atoms with Crippen LogP contribution in [-0.4, -0.2) is 33.4 Å². The molecule has 98 valence electrons. The summed E-state index contributed by atoms with van der Waals surface area (Å²) < 4.78 is 27.9. The average Bonchev–Trinajstić information content (AvgIpc) is 2.36. The normalized spacial score (nSPS) is 9.94. The second kappa shape index (κ2) is 6.76. The third-order valence-corrected chi connectivity index (χ3v) is 2.13. The Morgan fingerprint density at radius 2 is 2.06 bits per heavy atom. The summed E-state index contributed by atoms with van der Waals surface area (Å²) in [6.45, 7) is 4.27. The molecular weight excluding hydrogens is 239 g/mol. The van der Waals surface area contributed by atoms with Gasteiger partial charge in [-0.1, -0.05) is 6.58 Å². The fourth-order valence-corrected chi connectivity index (χ4v) is 1.32. The SMILES string of the molecule is C=C(COC)COc1ccc(F)cc1C(=O)OC. The van der Waals surface area contributed by atoms with Crippen molar-refractivity contribution in [1.82, 2.24) is 0 Å². The van der Waals surface area contributed by atoms with Crippen molar-refractivity contribution in [2.24, 2.45) is 0 Å². The van der Waals surface area contributed by atoms with Crippen LogP contribution >= 0.6 is 0 Å². The first-order chi connectivity index (χ1) is 8.58. The molecule has 0 amide bonds. The summed E-state index contributed by atoms with van der Waals surface area (Å²) in [5, 5.41) is 0. The van der Waals surface area contributed by atoms with Gasteiger partial charge in [-0.15, -0.1) is 0 Å². The molecule has 1 aromatic rings. The first-order valence-electron chi connectivity index (χ1n) is 5.24. The van der Waals surface area contributed by atoms with Crippen LogP contribution in [0.2, 0.25) is 0 Å². The smallest absolute Gasteiger partial charge is 0.341 e. The first kappa shape index (κ1) is 14.2. The highest BCUT2D eigenvalue weighted by Gasteiger charge is 2.14. The molecule has 0 radical (unpaired) electrons. The monoisotopic (exact) mass is 254 g/mol. The molecule has 0 atom stereocenters. The summed E-state index contributed by atoms with van der Waals surface area (Å²) in [6.07, 6.45) is 0. The molecule has 0 N–H and O–H groups in total. The summed E-state index contributed by atoms with van der Waals surface area (Å²) in [5.74, 6) is -0.930. The molecule has 0 saturated heterocycles. The number of carbonyl (C=O) groups is 1. The second-order valence-corrected chi connectivity index (χ2v) is 3.60. The Hall–Kier alpha value is -1.88. The van der Waals surface area contributed by atoms with Crippen molar-refractivity contribution in [2.45, 2.75) is 0 Å². The summed E-state index contributed by atoms with van der Waals surface area (Å²) in [7, 11) is 2.77. The summed E-state index contributed by atoms with van der Waals surface area (Å²) >= 11 is 0. The number of hydrogen-bond donors (Lipinski definition) is 0. The highest BCUT2D eigenvalue weighted by molar-refractivity contribution is 5.92. The van der Waals surface area contributed by atoms with E-state index in [0.717, 1.165) is 6.07 Å². The van der Waals surface area contributed by atoms with Gasteiger partial charge in [0.2, 0.25) is 0 Å². The van der Waals surface area contributed by atoms with Crippen LogP contribution < -0.4 is 4.74 Å². The molecule has 0 aromatic heterocycles. The van der Waals surface area contributed by atoms with Gasteiger partial charge in [-0.05, 0) is 23.8 Å². The number of ether oxygens (including phenoxy) is 3. The third kappa shape index (κ3) is 3.85. The molecule has 0 saturated carbocycles. The van der Waals surface area contributed by atoms with E-state index in [9.17, 15) is 9.18 Å². The fraction of sp³-hybridized carbons (Fsp3) is 0.308. The van der Waals surface area contributed by atoms with Gasteiger partial charge in [-0.25, -0.2) is 9.18 Å². The molecule has 1 aromatic carbocycles. The van der Waals surface area contributed by atoms with Crippen molar-refractivity contribution >= 4 is 5.97 Å². The lowest BCUT2D eigenvalue weighted by Crippen LogP contribution is -2.10. The van der Waals surface area contributed by atoms with Gasteiger partial charge in [0.15, 0.2) is 0 Å². The van der Waals surface area contributed by atoms with Gasteiger partial charge in [0.1, 0.15) is 23.7 Å². The minimum atomic E-state index is -0.651. The van der Waals surface area contributed by atoms with E-state index in [2.05, 4.69) is 11.3 Å². The molecule has 0 spiro atoms. The average molecular weight is 254 g/mol. The molecule has 0 heterocycles. The van der Waals surface area contributed by atoms with Crippen molar-refractivity contribution in [3.8, 4) is 5.75 Å². The number of carbonyl (C=O) groups excluding carboxylic acids is 1. The largest absolute Gasteiger partial charge is 0.488 e. The maximum absolute atomic E-state index is 13.1. The van der Waals surface area contributed by atoms with E-state index >= 15 is 0 Å². The predicted molar refractivity (Wildman–Crippen MR) is 64.3 cm³/mol. The molecule has 0 aliphatic carbocycles. The van der Waals surface area contributed by atoms with E-state index in [0.29, 0.717) is 12.2 Å². The lowest BCUT2D eigenvalue weighted by molar-refractivity contribution is 0.0595. The number of methoxy groups -OCH3 is 2. The van der Waals surface area contributed by atoms with E-state index in [1.165, 1.54) is 19.2 Å². The lowest BCUT2D eigenvalue weighted by atomic mass is 10.2. The highest BCUT2D eigenvalue weighted by atomic mass is 19.1. The predicted octanol–water partition coefficient (Wildman–Crippen LogP) is 2.19. The Kier molecular flexibility index (Phi) is 5.32. The van der Waals surface area contributed by atoms with Gasteiger partial charge in [-0.2, -0.15) is 0 Å². The Morgan fingerprint density at radius 1 is 1.33 bits per heavy atom. The van der Waals surface area contributed by atoms with Crippen LogP contribution in [0, 0.1) is 5.82 Å². The zero-order valence-corrected chi connectivity index (χ0v) is 10.4. The van der Waals surface area contributed by atoms with Crippen LogP contribution in [-0.2, 0) is 9.47 Å². The number of hydrogen-bond acceptors (Lipinski definition) is 4. The molecule has 4 nitrogen and oxygen atoms in total. The van der Waals surface area contributed by atoms with Gasteiger partial charge < -0.3 is 14.2 Å². The van der Waals surface area contributed by atoms with E-state index in [-0.39, 0.29) is 17.9 Å². The molecule has 0 bridgehead atoms. The standard InChI is InChI=1S/C13H15FO4/c1-9(7-16-2)8-18-12-5-4-10(14)6-11(12)13(15)17-3/h4-6H,1,7-8H2,2-3H3. The Labute approximate surface area is 105 Å². The van der Waals surface area contributed by atoms with E-state index < -0.39 is 11.8 Å². The molecule has 0 fully saturated rings. The third-order valence-electron chi connectivity index (χ3n) is 2.13. The van der Waals surface area contributed by atoms with Gasteiger partial charge in [0.25, 0.3) is 0 Å². The number of benzene rings is 1. The van der Waals surface area contributed by atoms with Crippen LogP contribution in [0.1, 0.15) is 10.4 Å². The van der Waals surface area contributed by atoms with E-state index in [1.54, 1.807) is 7.11 Å². The summed E-state index contributed by atoms with van der Waals surface area (Å²) in [5.41, 5.74) is 0.750. The second-order valence-electron chi connectivity index (χ2n) is 3.60. The minimum absolute atomic E-state index is 0.0442. The van der Waals surface area contributed by atoms with Gasteiger partial charge in [-0.3, -0.25) is 0 Å². The molecule has 0 aliphatic heterocycles. The van der Waals surface area contributed by atoms with Crippen molar-refractivity contribution in [3.63, 3.8) is 0 Å². The van der Waals surface area contributed by atoms with Crippen LogP contribution in [0.3, 0.4) is 0 Å². The summed E-state index contributed by atoms with van der Waals surface area (Å²) in [4.78, 5) is 11.4. The minimum Gasteiger partial charge on any atom is -0.488 e. The molecule has 0 unspecified atom stereocenters. The van der Waals surface area contributed by atoms with Crippen LogP contribution in [0.5, 0.6) is 5.75 Å². The maximum atomic E-state index is 13.1. The molecular formula is C13H15FO4. The quantitative estimate of drug-likeness (QED) is 0.576. The molecule has 18 heavy (non-hydrogen) atoms.